The number of hydrogen-bond acceptors (Lipinski definition) is 4. The fourth-order valence-electron chi connectivity index (χ4n) is 2.15. The summed E-state index contributed by atoms with van der Waals surface area (Å²) in [7, 11) is 0. The molecule has 5 nitrogen and oxygen atoms in total. The van der Waals surface area contributed by atoms with Gasteiger partial charge in [0.05, 0.1) is 6.61 Å². The van der Waals surface area contributed by atoms with E-state index in [1.807, 2.05) is 6.92 Å². The van der Waals surface area contributed by atoms with Gasteiger partial charge in [-0.15, -0.1) is 0 Å². The van der Waals surface area contributed by atoms with E-state index < -0.39 is 0 Å². The number of allylic oxidation sites excluding steroid dienone is 1. The van der Waals surface area contributed by atoms with Crippen LogP contribution in [0.25, 0.3) is 5.57 Å². The van der Waals surface area contributed by atoms with Crippen LogP contribution in [0, 0.1) is 0 Å². The number of hydrogen-bond donors (Lipinski definition) is 0. The van der Waals surface area contributed by atoms with Crippen molar-refractivity contribution in [1.82, 2.24) is 9.55 Å². The molecule has 0 spiro atoms. The molecular formula is C13H16N2O3. The summed E-state index contributed by atoms with van der Waals surface area (Å²) in [6.07, 6.45) is 4.47. The predicted molar refractivity (Wildman–Crippen MR) is 67.1 cm³/mol. The van der Waals surface area contributed by atoms with Crippen molar-refractivity contribution in [3.63, 3.8) is 0 Å². The lowest BCUT2D eigenvalue weighted by Gasteiger charge is -2.25. The molecule has 0 saturated heterocycles. The zero-order valence-electron chi connectivity index (χ0n) is 10.5. The standard InChI is InChI=1S/C13H16N2O3/c1-3-18-12(17)8-10-5-4-9(2)15-11(16)6-7-14-13(10)15/h6-9H,3-5H2,1-2H3/b10-8+. The summed E-state index contributed by atoms with van der Waals surface area (Å²) in [5.41, 5.74) is 0.686. The fourth-order valence-corrected chi connectivity index (χ4v) is 2.15. The molecule has 0 saturated carbocycles. The second kappa shape index (κ2) is 5.16. The van der Waals surface area contributed by atoms with E-state index in [1.165, 1.54) is 18.3 Å². The van der Waals surface area contributed by atoms with Crippen LogP contribution in [0.1, 0.15) is 38.6 Å². The predicted octanol–water partition coefficient (Wildman–Crippen LogP) is 1.54. The van der Waals surface area contributed by atoms with Crippen molar-refractivity contribution in [3.05, 3.63) is 34.5 Å². The Balaban J connectivity index is 2.44. The van der Waals surface area contributed by atoms with Crippen LogP contribution < -0.4 is 5.56 Å². The molecule has 0 aliphatic carbocycles. The average Bonchev–Trinajstić information content (AvgIpc) is 2.33. The summed E-state index contributed by atoms with van der Waals surface area (Å²) in [4.78, 5) is 27.5. The molecule has 1 aliphatic rings. The van der Waals surface area contributed by atoms with Gasteiger partial charge in [0.2, 0.25) is 0 Å². The zero-order valence-corrected chi connectivity index (χ0v) is 10.5. The van der Waals surface area contributed by atoms with Crippen molar-refractivity contribution in [2.24, 2.45) is 0 Å². The fraction of sp³-hybridized carbons (Fsp3) is 0.462. The molecule has 0 aromatic carbocycles. The van der Waals surface area contributed by atoms with Crippen molar-refractivity contribution in [1.29, 1.82) is 0 Å². The van der Waals surface area contributed by atoms with Crippen molar-refractivity contribution in [2.75, 3.05) is 6.61 Å². The van der Waals surface area contributed by atoms with Gasteiger partial charge in [-0.2, -0.15) is 0 Å². The molecular weight excluding hydrogens is 232 g/mol. The largest absolute Gasteiger partial charge is 0.463 e. The maximum absolute atomic E-state index is 11.8. The number of ether oxygens (including phenoxy) is 1. The Morgan fingerprint density at radius 1 is 1.67 bits per heavy atom. The first kappa shape index (κ1) is 12.5. The number of carbonyl (C=O) groups is 1. The molecule has 1 unspecified atom stereocenters. The number of fused-ring (bicyclic) bond motifs is 1. The van der Waals surface area contributed by atoms with E-state index in [-0.39, 0.29) is 17.6 Å². The Morgan fingerprint density at radius 2 is 2.44 bits per heavy atom. The van der Waals surface area contributed by atoms with Gasteiger partial charge in [-0.3, -0.25) is 9.36 Å². The topological polar surface area (TPSA) is 61.2 Å². The van der Waals surface area contributed by atoms with Crippen molar-refractivity contribution in [3.8, 4) is 0 Å². The van der Waals surface area contributed by atoms with Gasteiger partial charge < -0.3 is 4.74 Å². The molecule has 0 fully saturated rings. The average molecular weight is 248 g/mol. The minimum atomic E-state index is -0.383. The lowest BCUT2D eigenvalue weighted by atomic mass is 10.00. The Labute approximate surface area is 105 Å². The number of nitrogens with zero attached hydrogens (tertiary/aromatic N) is 2. The summed E-state index contributed by atoms with van der Waals surface area (Å²) < 4.78 is 6.52. The highest BCUT2D eigenvalue weighted by atomic mass is 16.5. The number of aromatic nitrogens is 2. The number of esters is 1. The van der Waals surface area contributed by atoms with Crippen molar-refractivity contribution >= 4 is 11.5 Å². The first-order chi connectivity index (χ1) is 8.63. The van der Waals surface area contributed by atoms with E-state index in [0.29, 0.717) is 12.4 Å². The van der Waals surface area contributed by atoms with Crippen LogP contribution in [-0.4, -0.2) is 22.1 Å². The van der Waals surface area contributed by atoms with Crippen molar-refractivity contribution in [2.45, 2.75) is 32.7 Å². The lowest BCUT2D eigenvalue weighted by molar-refractivity contribution is -0.137. The maximum atomic E-state index is 11.8. The van der Waals surface area contributed by atoms with Gasteiger partial charge in [-0.1, -0.05) is 0 Å². The first-order valence-electron chi connectivity index (χ1n) is 6.08. The Bertz CT molecular complexity index is 545. The van der Waals surface area contributed by atoms with Crippen LogP contribution in [0.15, 0.2) is 23.1 Å². The smallest absolute Gasteiger partial charge is 0.331 e. The molecule has 1 aromatic rings. The second-order valence-electron chi connectivity index (χ2n) is 4.29. The van der Waals surface area contributed by atoms with Crippen LogP contribution >= 0.6 is 0 Å². The summed E-state index contributed by atoms with van der Waals surface area (Å²) >= 11 is 0. The summed E-state index contributed by atoms with van der Waals surface area (Å²) in [6.45, 7) is 4.08. The van der Waals surface area contributed by atoms with Crippen LogP contribution in [0.3, 0.4) is 0 Å². The maximum Gasteiger partial charge on any atom is 0.331 e. The summed E-state index contributed by atoms with van der Waals surface area (Å²) in [6, 6.07) is 1.55. The normalized spacial score (nSPS) is 20.6. The van der Waals surface area contributed by atoms with Crippen LogP contribution in [0.4, 0.5) is 0 Å². The molecule has 2 rings (SSSR count). The molecule has 0 amide bonds. The zero-order chi connectivity index (χ0) is 13.1. The van der Waals surface area contributed by atoms with E-state index >= 15 is 0 Å². The van der Waals surface area contributed by atoms with Gasteiger partial charge >= 0.3 is 5.97 Å². The third-order valence-electron chi connectivity index (χ3n) is 3.02. The van der Waals surface area contributed by atoms with Gasteiger partial charge in [-0.05, 0) is 26.7 Å². The SMILES string of the molecule is CCOC(=O)/C=C1\CCC(C)n2c1nccc2=O. The first-order valence-corrected chi connectivity index (χ1v) is 6.08. The number of carbonyl (C=O) groups excluding carboxylic acids is 1. The Kier molecular flexibility index (Phi) is 3.60. The van der Waals surface area contributed by atoms with E-state index in [4.69, 9.17) is 4.74 Å². The van der Waals surface area contributed by atoms with Crippen LogP contribution in [0.5, 0.6) is 0 Å². The molecule has 0 radical (unpaired) electrons. The minimum absolute atomic E-state index is 0.0815. The molecule has 1 aliphatic heterocycles. The molecule has 2 heterocycles. The number of rotatable bonds is 2. The quantitative estimate of drug-likeness (QED) is 0.588. The molecule has 5 heteroatoms. The van der Waals surface area contributed by atoms with Gasteiger partial charge in [0, 0.05) is 30.0 Å². The third-order valence-corrected chi connectivity index (χ3v) is 3.02. The Morgan fingerprint density at radius 3 is 3.17 bits per heavy atom. The lowest BCUT2D eigenvalue weighted by Crippen LogP contribution is -2.29. The van der Waals surface area contributed by atoms with E-state index in [9.17, 15) is 9.59 Å². The van der Waals surface area contributed by atoms with Crippen molar-refractivity contribution < 1.29 is 9.53 Å². The molecule has 0 N–H and O–H groups in total. The molecule has 0 bridgehead atoms. The highest BCUT2D eigenvalue weighted by Crippen LogP contribution is 2.29. The summed E-state index contributed by atoms with van der Waals surface area (Å²) in [5, 5.41) is 0. The molecule has 18 heavy (non-hydrogen) atoms. The Hall–Kier alpha value is -1.91. The molecule has 1 atom stereocenters. The van der Waals surface area contributed by atoms with E-state index in [0.717, 1.165) is 18.4 Å². The van der Waals surface area contributed by atoms with Crippen LogP contribution in [0.2, 0.25) is 0 Å². The van der Waals surface area contributed by atoms with Gasteiger partial charge in [0.15, 0.2) is 0 Å². The van der Waals surface area contributed by atoms with Gasteiger partial charge in [-0.25, -0.2) is 9.78 Å². The molecule has 96 valence electrons. The minimum Gasteiger partial charge on any atom is -0.463 e. The molecule has 1 aromatic heterocycles. The van der Waals surface area contributed by atoms with Gasteiger partial charge in [0.25, 0.3) is 5.56 Å². The third kappa shape index (κ3) is 2.34. The monoisotopic (exact) mass is 248 g/mol. The van der Waals surface area contributed by atoms with Gasteiger partial charge in [0.1, 0.15) is 5.82 Å². The second-order valence-corrected chi connectivity index (χ2v) is 4.29. The van der Waals surface area contributed by atoms with E-state index in [2.05, 4.69) is 4.98 Å². The summed E-state index contributed by atoms with van der Waals surface area (Å²) in [5.74, 6) is 0.195. The van der Waals surface area contributed by atoms with Crippen LogP contribution in [-0.2, 0) is 9.53 Å². The highest BCUT2D eigenvalue weighted by Gasteiger charge is 2.22. The van der Waals surface area contributed by atoms with E-state index in [1.54, 1.807) is 11.5 Å². The highest BCUT2D eigenvalue weighted by molar-refractivity contribution is 5.90.